The predicted octanol–water partition coefficient (Wildman–Crippen LogP) is 2.27. The highest BCUT2D eigenvalue weighted by Gasteiger charge is 2.31. The number of hydrogen-bond donors (Lipinski definition) is 2. The van der Waals surface area contributed by atoms with Crippen molar-refractivity contribution in [2.24, 2.45) is 5.73 Å². The van der Waals surface area contributed by atoms with Crippen molar-refractivity contribution in [2.75, 3.05) is 6.61 Å². The third-order valence-electron chi connectivity index (χ3n) is 3.52. The molecular weight excluding hydrogens is 238 g/mol. The van der Waals surface area contributed by atoms with Gasteiger partial charge in [0.1, 0.15) is 18.1 Å². The molecule has 1 aliphatic rings. The summed E-state index contributed by atoms with van der Waals surface area (Å²) in [5, 5.41) is 9.30. The van der Waals surface area contributed by atoms with Crippen LogP contribution in [0.5, 0.6) is 11.5 Å². The van der Waals surface area contributed by atoms with Crippen LogP contribution in [0.4, 0.5) is 0 Å². The van der Waals surface area contributed by atoms with Crippen molar-refractivity contribution >= 4 is 0 Å². The molecule has 0 aliphatic carbocycles. The van der Waals surface area contributed by atoms with Crippen LogP contribution in [0.15, 0.2) is 48.5 Å². The fourth-order valence-corrected chi connectivity index (χ4v) is 2.58. The van der Waals surface area contributed by atoms with E-state index >= 15 is 0 Å². The Morgan fingerprint density at radius 1 is 1.11 bits per heavy atom. The molecule has 1 aliphatic heterocycles. The summed E-state index contributed by atoms with van der Waals surface area (Å²) in [6.45, 7) is 0.519. The summed E-state index contributed by atoms with van der Waals surface area (Å²) in [5.41, 5.74) is 8.35. The Hall–Kier alpha value is -2.00. The molecule has 0 aromatic heterocycles. The van der Waals surface area contributed by atoms with E-state index in [1.807, 2.05) is 30.3 Å². The summed E-state index contributed by atoms with van der Waals surface area (Å²) in [4.78, 5) is 0. The highest BCUT2D eigenvalue weighted by molar-refractivity contribution is 5.38. The minimum Gasteiger partial charge on any atom is -0.508 e. The molecule has 3 N–H and O–H groups in total. The fraction of sp³-hybridized carbons (Fsp3) is 0.250. The van der Waals surface area contributed by atoms with Crippen LogP contribution in [-0.2, 0) is 12.8 Å². The quantitative estimate of drug-likeness (QED) is 0.865. The number of para-hydroxylation sites is 1. The highest BCUT2D eigenvalue weighted by atomic mass is 16.5. The van der Waals surface area contributed by atoms with Gasteiger partial charge >= 0.3 is 0 Å². The van der Waals surface area contributed by atoms with Gasteiger partial charge in [0, 0.05) is 0 Å². The first-order chi connectivity index (χ1) is 9.15. The maximum absolute atomic E-state index is 9.30. The van der Waals surface area contributed by atoms with Gasteiger partial charge in [0.2, 0.25) is 0 Å². The fourth-order valence-electron chi connectivity index (χ4n) is 2.58. The molecule has 1 atom stereocenters. The van der Waals surface area contributed by atoms with E-state index in [9.17, 15) is 5.11 Å². The van der Waals surface area contributed by atoms with Crippen LogP contribution in [0.1, 0.15) is 11.1 Å². The average molecular weight is 255 g/mol. The van der Waals surface area contributed by atoms with Gasteiger partial charge in [-0.2, -0.15) is 0 Å². The number of fused-ring (bicyclic) bond motifs is 1. The second kappa shape index (κ2) is 4.59. The second-order valence-corrected chi connectivity index (χ2v) is 5.28. The number of hydrogen-bond acceptors (Lipinski definition) is 3. The van der Waals surface area contributed by atoms with E-state index in [-0.39, 0.29) is 11.3 Å². The van der Waals surface area contributed by atoms with Gasteiger partial charge in [0.25, 0.3) is 0 Å². The van der Waals surface area contributed by atoms with Gasteiger partial charge in [-0.3, -0.25) is 0 Å². The van der Waals surface area contributed by atoms with Crippen LogP contribution in [-0.4, -0.2) is 17.3 Å². The lowest BCUT2D eigenvalue weighted by Gasteiger charge is -2.34. The zero-order valence-electron chi connectivity index (χ0n) is 10.7. The highest BCUT2D eigenvalue weighted by Crippen LogP contribution is 2.30. The summed E-state index contributed by atoms with van der Waals surface area (Å²) in [5.74, 6) is 1.22. The normalized spacial score (nSPS) is 21.5. The molecule has 2 aromatic rings. The smallest absolute Gasteiger partial charge is 0.122 e. The number of benzene rings is 2. The SMILES string of the molecule is NC1(Cc2ccc(O)cc2)COc2ccccc2C1. The zero-order valence-corrected chi connectivity index (χ0v) is 10.7. The number of ether oxygens (including phenoxy) is 1. The van der Waals surface area contributed by atoms with Gasteiger partial charge in [-0.05, 0) is 42.2 Å². The van der Waals surface area contributed by atoms with Gasteiger partial charge in [-0.15, -0.1) is 0 Å². The van der Waals surface area contributed by atoms with Gasteiger partial charge in [-0.1, -0.05) is 30.3 Å². The Morgan fingerprint density at radius 2 is 1.84 bits per heavy atom. The monoisotopic (exact) mass is 255 g/mol. The number of nitrogens with two attached hydrogens (primary N) is 1. The van der Waals surface area contributed by atoms with Crippen molar-refractivity contribution < 1.29 is 9.84 Å². The summed E-state index contributed by atoms with van der Waals surface area (Å²) in [6, 6.07) is 15.2. The van der Waals surface area contributed by atoms with Crippen LogP contribution >= 0.6 is 0 Å². The standard InChI is InChI=1S/C16H17NO2/c17-16(9-12-5-7-14(18)8-6-12)10-13-3-1-2-4-15(13)19-11-16/h1-8,18H,9-11,17H2. The van der Waals surface area contributed by atoms with Gasteiger partial charge < -0.3 is 15.6 Å². The minimum absolute atomic E-state index is 0.278. The van der Waals surface area contributed by atoms with Crippen molar-refractivity contribution in [1.82, 2.24) is 0 Å². The first-order valence-corrected chi connectivity index (χ1v) is 6.42. The Bertz CT molecular complexity index is 580. The Morgan fingerprint density at radius 3 is 2.63 bits per heavy atom. The van der Waals surface area contributed by atoms with Gasteiger partial charge in [0.15, 0.2) is 0 Å². The molecule has 0 saturated heterocycles. The molecule has 0 spiro atoms. The molecule has 0 amide bonds. The largest absolute Gasteiger partial charge is 0.508 e. The second-order valence-electron chi connectivity index (χ2n) is 5.28. The number of phenolic OH excluding ortho intramolecular Hbond substituents is 1. The van der Waals surface area contributed by atoms with Crippen molar-refractivity contribution in [2.45, 2.75) is 18.4 Å². The van der Waals surface area contributed by atoms with E-state index in [0.717, 1.165) is 29.7 Å². The van der Waals surface area contributed by atoms with Crippen LogP contribution in [0, 0.1) is 0 Å². The minimum atomic E-state index is -0.384. The van der Waals surface area contributed by atoms with Crippen molar-refractivity contribution in [3.8, 4) is 11.5 Å². The third-order valence-corrected chi connectivity index (χ3v) is 3.52. The molecule has 0 radical (unpaired) electrons. The van der Waals surface area contributed by atoms with Crippen LogP contribution in [0.2, 0.25) is 0 Å². The lowest BCUT2D eigenvalue weighted by atomic mass is 9.84. The van der Waals surface area contributed by atoms with Crippen molar-refractivity contribution in [1.29, 1.82) is 0 Å². The van der Waals surface area contributed by atoms with E-state index < -0.39 is 0 Å². The number of rotatable bonds is 2. The van der Waals surface area contributed by atoms with Gasteiger partial charge in [-0.25, -0.2) is 0 Å². The van der Waals surface area contributed by atoms with E-state index in [2.05, 4.69) is 6.07 Å². The molecule has 3 nitrogen and oxygen atoms in total. The molecule has 0 bridgehead atoms. The first-order valence-electron chi connectivity index (χ1n) is 6.42. The maximum atomic E-state index is 9.30. The topological polar surface area (TPSA) is 55.5 Å². The van der Waals surface area contributed by atoms with Crippen LogP contribution in [0.3, 0.4) is 0 Å². The van der Waals surface area contributed by atoms with Crippen LogP contribution in [0.25, 0.3) is 0 Å². The van der Waals surface area contributed by atoms with Gasteiger partial charge in [0.05, 0.1) is 5.54 Å². The molecule has 0 saturated carbocycles. The zero-order chi connectivity index (χ0) is 13.3. The van der Waals surface area contributed by atoms with E-state index in [0.29, 0.717) is 6.61 Å². The molecule has 98 valence electrons. The molecular formula is C16H17NO2. The predicted molar refractivity (Wildman–Crippen MR) is 74.4 cm³/mol. The van der Waals surface area contributed by atoms with E-state index in [1.165, 1.54) is 0 Å². The van der Waals surface area contributed by atoms with E-state index in [1.54, 1.807) is 12.1 Å². The Balaban J connectivity index is 1.80. The third kappa shape index (κ3) is 2.56. The summed E-state index contributed by atoms with van der Waals surface area (Å²) in [6.07, 6.45) is 1.55. The summed E-state index contributed by atoms with van der Waals surface area (Å²) in [7, 11) is 0. The molecule has 3 rings (SSSR count). The molecule has 3 heteroatoms. The first kappa shape index (κ1) is 12.1. The molecule has 2 aromatic carbocycles. The van der Waals surface area contributed by atoms with Crippen LogP contribution < -0.4 is 10.5 Å². The summed E-state index contributed by atoms with van der Waals surface area (Å²) < 4.78 is 5.76. The average Bonchev–Trinajstić information content (AvgIpc) is 2.41. The molecule has 0 fully saturated rings. The van der Waals surface area contributed by atoms with Crippen molar-refractivity contribution in [3.05, 3.63) is 59.7 Å². The Kier molecular flexibility index (Phi) is 2.91. The maximum Gasteiger partial charge on any atom is 0.122 e. The number of aromatic hydroxyl groups is 1. The molecule has 1 heterocycles. The lowest BCUT2D eigenvalue weighted by molar-refractivity contribution is 0.190. The Labute approximate surface area is 112 Å². The molecule has 19 heavy (non-hydrogen) atoms. The molecule has 1 unspecified atom stereocenters. The van der Waals surface area contributed by atoms with Crippen molar-refractivity contribution in [3.63, 3.8) is 0 Å². The lowest BCUT2D eigenvalue weighted by Crippen LogP contribution is -2.51. The number of phenols is 1. The van der Waals surface area contributed by atoms with E-state index in [4.69, 9.17) is 10.5 Å². The summed E-state index contributed by atoms with van der Waals surface area (Å²) >= 11 is 0.